The van der Waals surface area contributed by atoms with E-state index in [0.29, 0.717) is 6.42 Å². The Balaban J connectivity index is 3.08. The minimum absolute atomic E-state index is 0.300. The average molecular weight is 183 g/mol. The summed E-state index contributed by atoms with van der Waals surface area (Å²) >= 11 is 0. The first kappa shape index (κ1) is 11.9. The fraction of sp³-hybridized carbons (Fsp3) is 0.600. The van der Waals surface area contributed by atoms with Gasteiger partial charge in [-0.05, 0) is 25.3 Å². The minimum atomic E-state index is -0.300. The van der Waals surface area contributed by atoms with E-state index in [1.165, 1.54) is 0 Å². The molecule has 3 nitrogen and oxygen atoms in total. The summed E-state index contributed by atoms with van der Waals surface area (Å²) in [6, 6.07) is 0. The van der Waals surface area contributed by atoms with Crippen LogP contribution in [0.2, 0.25) is 0 Å². The molecule has 0 aliphatic carbocycles. The summed E-state index contributed by atoms with van der Waals surface area (Å²) in [5, 5.41) is 8.19. The maximum Gasteiger partial charge on any atom is 0.243 e. The summed E-state index contributed by atoms with van der Waals surface area (Å²) in [6.07, 6.45) is 7.42. The number of unbranched alkanes of at least 4 members (excludes halogenated alkanes) is 4. The lowest BCUT2D eigenvalue weighted by molar-refractivity contribution is -0.129. The molecule has 0 saturated heterocycles. The highest BCUT2D eigenvalue weighted by atomic mass is 16.5. The van der Waals surface area contributed by atoms with E-state index < -0.39 is 0 Å². The second-order valence-electron chi connectivity index (χ2n) is 2.90. The van der Waals surface area contributed by atoms with Gasteiger partial charge in [0.25, 0.3) is 0 Å². The Kier molecular flexibility index (Phi) is 8.31. The first-order chi connectivity index (χ1) is 6.31. The lowest BCUT2D eigenvalue weighted by atomic mass is 10.1. The van der Waals surface area contributed by atoms with Crippen LogP contribution in [0.15, 0.2) is 18.4 Å². The van der Waals surface area contributed by atoms with E-state index in [9.17, 15) is 4.79 Å². The summed E-state index contributed by atoms with van der Waals surface area (Å²) < 4.78 is 0. The maximum absolute atomic E-state index is 10.6. The van der Waals surface area contributed by atoms with Crippen molar-refractivity contribution >= 4 is 5.91 Å². The van der Waals surface area contributed by atoms with Gasteiger partial charge in [-0.3, -0.25) is 10.0 Å². The molecule has 0 saturated carbocycles. The number of nitrogens with one attached hydrogen (secondary N) is 1. The highest BCUT2D eigenvalue weighted by Gasteiger charge is 1.97. The molecule has 0 rings (SSSR count). The maximum atomic E-state index is 10.6. The summed E-state index contributed by atoms with van der Waals surface area (Å²) in [5.41, 5.74) is 4.33. The molecule has 0 atom stereocenters. The Morgan fingerprint density at radius 1 is 1.38 bits per heavy atom. The van der Waals surface area contributed by atoms with Crippen LogP contribution in [0.3, 0.4) is 0 Å². The van der Waals surface area contributed by atoms with Crippen LogP contribution >= 0.6 is 0 Å². The van der Waals surface area contributed by atoms with Gasteiger partial charge in [-0.25, -0.2) is 5.48 Å². The van der Waals surface area contributed by atoms with Gasteiger partial charge in [0.15, 0.2) is 0 Å². The van der Waals surface area contributed by atoms with Crippen molar-refractivity contribution < 1.29 is 10.0 Å². The highest BCUT2D eigenvalue weighted by molar-refractivity contribution is 5.74. The van der Waals surface area contributed by atoms with Gasteiger partial charge in [-0.2, -0.15) is 0 Å². The topological polar surface area (TPSA) is 49.3 Å². The van der Waals surface area contributed by atoms with Gasteiger partial charge in [0.2, 0.25) is 5.91 Å². The zero-order chi connectivity index (χ0) is 9.94. The van der Waals surface area contributed by atoms with Gasteiger partial charge < -0.3 is 0 Å². The number of hydrogen-bond acceptors (Lipinski definition) is 2. The van der Waals surface area contributed by atoms with Crippen LogP contribution in [0.1, 0.15) is 38.5 Å². The molecule has 0 spiro atoms. The number of carbonyl (C=O) groups excluding carboxylic acids is 1. The van der Waals surface area contributed by atoms with Crippen molar-refractivity contribution in [3.63, 3.8) is 0 Å². The van der Waals surface area contributed by atoms with Gasteiger partial charge >= 0.3 is 0 Å². The van der Waals surface area contributed by atoms with Crippen LogP contribution in [0.25, 0.3) is 0 Å². The first-order valence-electron chi connectivity index (χ1n) is 4.58. The standard InChI is InChI=1S/C10H17NO2/c1-2-3-4-5-6-7-8-9-10(12)11-13/h3,13H,1,4-9H2,(H,11,12). The Bertz CT molecular complexity index is 183. The lowest BCUT2D eigenvalue weighted by Crippen LogP contribution is -2.17. The normalized spacial score (nSPS) is 9.00. The molecule has 2 N–H and O–H groups in total. The molecule has 0 aromatic heterocycles. The minimum Gasteiger partial charge on any atom is -0.289 e. The van der Waals surface area contributed by atoms with Crippen molar-refractivity contribution in [3.05, 3.63) is 18.4 Å². The van der Waals surface area contributed by atoms with Crippen molar-refractivity contribution in [2.24, 2.45) is 0 Å². The van der Waals surface area contributed by atoms with Gasteiger partial charge in [0.05, 0.1) is 0 Å². The van der Waals surface area contributed by atoms with Crippen LogP contribution < -0.4 is 5.48 Å². The predicted molar refractivity (Wildman–Crippen MR) is 51.3 cm³/mol. The third-order valence-electron chi connectivity index (χ3n) is 1.77. The number of amides is 1. The van der Waals surface area contributed by atoms with E-state index in [1.54, 1.807) is 5.48 Å². The average Bonchev–Trinajstić information content (AvgIpc) is 2.16. The second kappa shape index (κ2) is 9.04. The van der Waals surface area contributed by atoms with Gasteiger partial charge in [-0.1, -0.05) is 19.4 Å². The molecule has 0 bridgehead atoms. The predicted octanol–water partition coefficient (Wildman–Crippen LogP) is 2.17. The Morgan fingerprint density at radius 3 is 2.69 bits per heavy atom. The number of carbonyl (C=O) groups is 1. The SMILES string of the molecule is C=C=CCCCCCCC(=O)NO. The van der Waals surface area contributed by atoms with E-state index in [2.05, 4.69) is 12.3 Å². The van der Waals surface area contributed by atoms with Gasteiger partial charge in [0, 0.05) is 6.42 Å². The molecule has 0 aromatic rings. The molecule has 3 heteroatoms. The lowest BCUT2D eigenvalue weighted by Gasteiger charge is -1.98. The van der Waals surface area contributed by atoms with Gasteiger partial charge in [0.1, 0.15) is 0 Å². The van der Waals surface area contributed by atoms with Crippen LogP contribution in [0, 0.1) is 0 Å². The molecule has 1 amide bonds. The molecule has 0 radical (unpaired) electrons. The smallest absolute Gasteiger partial charge is 0.243 e. The van der Waals surface area contributed by atoms with Crippen molar-refractivity contribution in [2.45, 2.75) is 38.5 Å². The Hall–Kier alpha value is -1.05. The zero-order valence-corrected chi connectivity index (χ0v) is 7.88. The Morgan fingerprint density at radius 2 is 2.08 bits per heavy atom. The number of allylic oxidation sites excluding steroid dienone is 1. The van der Waals surface area contributed by atoms with Crippen molar-refractivity contribution in [2.75, 3.05) is 0 Å². The second-order valence-corrected chi connectivity index (χ2v) is 2.90. The Labute approximate surface area is 79.1 Å². The number of hydrogen-bond donors (Lipinski definition) is 2. The third kappa shape index (κ3) is 8.86. The molecule has 0 unspecified atom stereocenters. The first-order valence-corrected chi connectivity index (χ1v) is 4.58. The molecular weight excluding hydrogens is 166 g/mol. The van der Waals surface area contributed by atoms with Crippen molar-refractivity contribution in [3.8, 4) is 0 Å². The molecule has 0 fully saturated rings. The summed E-state index contributed by atoms with van der Waals surface area (Å²) in [6.45, 7) is 3.47. The van der Waals surface area contributed by atoms with Crippen molar-refractivity contribution in [1.82, 2.24) is 5.48 Å². The summed E-state index contributed by atoms with van der Waals surface area (Å²) in [4.78, 5) is 10.6. The molecule has 0 aliphatic rings. The van der Waals surface area contributed by atoms with Crippen LogP contribution in [-0.2, 0) is 4.79 Å². The molecular formula is C10H17NO2. The highest BCUT2D eigenvalue weighted by Crippen LogP contribution is 2.05. The van der Waals surface area contributed by atoms with E-state index in [4.69, 9.17) is 5.21 Å². The largest absolute Gasteiger partial charge is 0.289 e. The van der Waals surface area contributed by atoms with E-state index in [0.717, 1.165) is 32.1 Å². The van der Waals surface area contributed by atoms with E-state index in [1.807, 2.05) is 6.08 Å². The molecule has 0 heterocycles. The van der Waals surface area contributed by atoms with Crippen LogP contribution in [-0.4, -0.2) is 11.1 Å². The molecule has 13 heavy (non-hydrogen) atoms. The monoisotopic (exact) mass is 183 g/mol. The van der Waals surface area contributed by atoms with E-state index in [-0.39, 0.29) is 5.91 Å². The van der Waals surface area contributed by atoms with Gasteiger partial charge in [-0.15, -0.1) is 5.73 Å². The number of rotatable bonds is 7. The van der Waals surface area contributed by atoms with Crippen molar-refractivity contribution in [1.29, 1.82) is 0 Å². The van der Waals surface area contributed by atoms with Crippen LogP contribution in [0.5, 0.6) is 0 Å². The summed E-state index contributed by atoms with van der Waals surface area (Å²) in [7, 11) is 0. The fourth-order valence-corrected chi connectivity index (χ4v) is 1.04. The zero-order valence-electron chi connectivity index (χ0n) is 7.88. The quantitative estimate of drug-likeness (QED) is 0.275. The molecule has 0 aromatic carbocycles. The van der Waals surface area contributed by atoms with Crippen LogP contribution in [0.4, 0.5) is 0 Å². The molecule has 0 aliphatic heterocycles. The number of hydroxylamine groups is 1. The third-order valence-corrected chi connectivity index (χ3v) is 1.77. The molecule has 74 valence electrons. The van der Waals surface area contributed by atoms with E-state index >= 15 is 0 Å². The summed E-state index contributed by atoms with van der Waals surface area (Å²) in [5.74, 6) is -0.300. The fourth-order valence-electron chi connectivity index (χ4n) is 1.04.